The second-order valence-corrected chi connectivity index (χ2v) is 7.38. The normalized spacial score (nSPS) is 17.9. The summed E-state index contributed by atoms with van der Waals surface area (Å²) in [5.74, 6) is -2.06. The van der Waals surface area contributed by atoms with E-state index in [-0.39, 0.29) is 23.7 Å². The number of ketones is 1. The highest BCUT2D eigenvalue weighted by Crippen LogP contribution is 2.40. The third-order valence-electron chi connectivity index (χ3n) is 5.46. The maximum absolute atomic E-state index is 13.3. The number of pyridine rings is 1. The molecule has 3 aromatic rings. The van der Waals surface area contributed by atoms with Gasteiger partial charge in [0.2, 0.25) is 0 Å². The number of rotatable bonds is 5. The fraction of sp³-hybridized carbons (Fsp3) is 0.160. The Balaban J connectivity index is 1.81. The number of aryl methyl sites for hydroxylation is 1. The van der Waals surface area contributed by atoms with Crippen LogP contribution in [0.3, 0.4) is 0 Å². The van der Waals surface area contributed by atoms with Gasteiger partial charge in [0.15, 0.2) is 0 Å². The van der Waals surface area contributed by atoms with E-state index in [9.17, 15) is 19.1 Å². The molecule has 2 heterocycles. The number of aliphatic hydroxyl groups is 1. The summed E-state index contributed by atoms with van der Waals surface area (Å²) >= 11 is 0. The molecule has 4 rings (SSSR count). The van der Waals surface area contributed by atoms with Gasteiger partial charge in [0.05, 0.1) is 11.6 Å². The number of carbonyl (C=O) groups excluding carboxylic acids is 2. The van der Waals surface area contributed by atoms with E-state index < -0.39 is 17.7 Å². The van der Waals surface area contributed by atoms with Crippen molar-refractivity contribution in [2.24, 2.45) is 0 Å². The number of Topliss-reactive ketones (excluding diaryl/α,β-unsaturated/α-hetero) is 1. The second-order valence-electron chi connectivity index (χ2n) is 7.38. The topological polar surface area (TPSA) is 70.5 Å². The molecule has 0 aliphatic carbocycles. The van der Waals surface area contributed by atoms with Crippen molar-refractivity contribution in [3.63, 3.8) is 0 Å². The minimum absolute atomic E-state index is 0.0301. The van der Waals surface area contributed by atoms with Crippen LogP contribution in [0.4, 0.5) is 4.39 Å². The van der Waals surface area contributed by atoms with Crippen LogP contribution in [0, 0.1) is 5.82 Å². The fourth-order valence-electron chi connectivity index (χ4n) is 3.78. The van der Waals surface area contributed by atoms with Crippen molar-refractivity contribution in [2.45, 2.75) is 25.9 Å². The lowest BCUT2D eigenvalue weighted by molar-refractivity contribution is -0.140. The Hall–Kier alpha value is -3.80. The third-order valence-corrected chi connectivity index (χ3v) is 5.46. The molecule has 1 aliphatic heterocycles. The Kier molecular flexibility index (Phi) is 5.62. The van der Waals surface area contributed by atoms with Crippen LogP contribution in [0.2, 0.25) is 0 Å². The van der Waals surface area contributed by atoms with Crippen molar-refractivity contribution in [3.8, 4) is 0 Å². The molecule has 1 unspecified atom stereocenters. The predicted molar refractivity (Wildman–Crippen MR) is 114 cm³/mol. The molecule has 31 heavy (non-hydrogen) atoms. The van der Waals surface area contributed by atoms with Crippen LogP contribution in [0.25, 0.3) is 5.76 Å². The first-order chi connectivity index (χ1) is 15.0. The van der Waals surface area contributed by atoms with Crippen molar-refractivity contribution in [1.82, 2.24) is 9.88 Å². The zero-order valence-corrected chi connectivity index (χ0v) is 17.0. The summed E-state index contributed by atoms with van der Waals surface area (Å²) in [7, 11) is 0. The molecular formula is C25H21FN2O3. The van der Waals surface area contributed by atoms with E-state index in [1.807, 2.05) is 19.1 Å². The average Bonchev–Trinajstić information content (AvgIpc) is 3.05. The van der Waals surface area contributed by atoms with E-state index in [1.165, 1.54) is 17.0 Å². The highest BCUT2D eigenvalue weighted by molar-refractivity contribution is 6.46. The summed E-state index contributed by atoms with van der Waals surface area (Å²) in [6.45, 7) is 2.13. The summed E-state index contributed by atoms with van der Waals surface area (Å²) in [6.07, 6.45) is 3.99. The Bertz CT molecular complexity index is 1140. The molecular weight excluding hydrogens is 395 g/mol. The lowest BCUT2D eigenvalue weighted by Gasteiger charge is -2.25. The molecule has 156 valence electrons. The zero-order valence-electron chi connectivity index (χ0n) is 17.0. The van der Waals surface area contributed by atoms with Gasteiger partial charge in [0.1, 0.15) is 11.6 Å². The first-order valence-electron chi connectivity index (χ1n) is 10.0. The van der Waals surface area contributed by atoms with Crippen LogP contribution in [0.1, 0.15) is 35.2 Å². The quantitative estimate of drug-likeness (QED) is 0.380. The molecule has 5 nitrogen and oxygen atoms in total. The van der Waals surface area contributed by atoms with Gasteiger partial charge in [0.25, 0.3) is 11.7 Å². The molecule has 1 fully saturated rings. The summed E-state index contributed by atoms with van der Waals surface area (Å²) in [5, 5.41) is 11.0. The first-order valence-corrected chi connectivity index (χ1v) is 10.0. The molecule has 1 amide bonds. The van der Waals surface area contributed by atoms with E-state index in [2.05, 4.69) is 4.98 Å². The lowest BCUT2D eigenvalue weighted by Crippen LogP contribution is -2.29. The minimum atomic E-state index is -0.779. The van der Waals surface area contributed by atoms with Crippen LogP contribution in [-0.2, 0) is 22.6 Å². The number of aliphatic hydroxyl groups excluding tert-OH is 1. The van der Waals surface area contributed by atoms with Gasteiger partial charge < -0.3 is 10.0 Å². The monoisotopic (exact) mass is 416 g/mol. The molecule has 1 aliphatic rings. The van der Waals surface area contributed by atoms with E-state index in [1.54, 1.807) is 48.8 Å². The van der Waals surface area contributed by atoms with Crippen molar-refractivity contribution < 1.29 is 19.1 Å². The van der Waals surface area contributed by atoms with Crippen LogP contribution in [0.5, 0.6) is 0 Å². The van der Waals surface area contributed by atoms with Gasteiger partial charge in [-0.3, -0.25) is 14.6 Å². The third kappa shape index (κ3) is 3.97. The van der Waals surface area contributed by atoms with Gasteiger partial charge in [-0.05, 0) is 47.4 Å². The van der Waals surface area contributed by atoms with Gasteiger partial charge in [0, 0.05) is 24.5 Å². The molecule has 0 radical (unpaired) electrons. The van der Waals surface area contributed by atoms with E-state index in [0.29, 0.717) is 16.7 Å². The summed E-state index contributed by atoms with van der Waals surface area (Å²) in [6, 6.07) is 15.6. The molecule has 0 saturated carbocycles. The number of carbonyl (C=O) groups is 2. The van der Waals surface area contributed by atoms with E-state index >= 15 is 0 Å². The Morgan fingerprint density at radius 2 is 1.58 bits per heavy atom. The van der Waals surface area contributed by atoms with Gasteiger partial charge in [-0.1, -0.05) is 43.3 Å². The van der Waals surface area contributed by atoms with Crippen LogP contribution >= 0.6 is 0 Å². The number of hydrogen-bond donors (Lipinski definition) is 1. The highest BCUT2D eigenvalue weighted by atomic mass is 19.1. The molecule has 1 N–H and O–H groups in total. The number of aromatic nitrogens is 1. The highest BCUT2D eigenvalue weighted by Gasteiger charge is 2.46. The molecule has 6 heteroatoms. The summed E-state index contributed by atoms with van der Waals surface area (Å²) in [4.78, 5) is 31.4. The standard InChI is InChI=1S/C25H21FN2O3/c1-2-16-3-7-19(8-4-16)23(29)21-22(18-11-13-27-14-12-18)28(25(31)24(21)30)15-17-5-9-20(26)10-6-17/h3-14,22,29H,2,15H2,1H3/b23-21-. The second kappa shape index (κ2) is 8.52. The SMILES string of the molecule is CCc1ccc(/C(O)=C2/C(=O)C(=O)N(Cc3ccc(F)cc3)C2c2ccncc2)cc1. The first kappa shape index (κ1) is 20.5. The maximum atomic E-state index is 13.3. The minimum Gasteiger partial charge on any atom is -0.507 e. The molecule has 2 aromatic carbocycles. The Morgan fingerprint density at radius 3 is 2.19 bits per heavy atom. The summed E-state index contributed by atoms with van der Waals surface area (Å²) in [5.41, 5.74) is 2.93. The van der Waals surface area contributed by atoms with Crippen LogP contribution < -0.4 is 0 Å². The van der Waals surface area contributed by atoms with Crippen molar-refractivity contribution >= 4 is 17.4 Å². The molecule has 0 bridgehead atoms. The smallest absolute Gasteiger partial charge is 0.295 e. The average molecular weight is 416 g/mol. The molecule has 1 aromatic heterocycles. The van der Waals surface area contributed by atoms with E-state index in [4.69, 9.17) is 0 Å². The van der Waals surface area contributed by atoms with Crippen molar-refractivity contribution in [3.05, 3.63) is 107 Å². The maximum Gasteiger partial charge on any atom is 0.295 e. The number of halogens is 1. The van der Waals surface area contributed by atoms with Gasteiger partial charge in [-0.15, -0.1) is 0 Å². The predicted octanol–water partition coefficient (Wildman–Crippen LogP) is 4.41. The number of nitrogens with zero attached hydrogens (tertiary/aromatic N) is 2. The number of likely N-dealkylation sites (tertiary alicyclic amines) is 1. The molecule has 1 atom stereocenters. The van der Waals surface area contributed by atoms with Gasteiger partial charge >= 0.3 is 0 Å². The Labute approximate surface area is 179 Å². The van der Waals surface area contributed by atoms with Gasteiger partial charge in [-0.2, -0.15) is 0 Å². The largest absolute Gasteiger partial charge is 0.507 e. The van der Waals surface area contributed by atoms with Crippen LogP contribution in [0.15, 0.2) is 78.6 Å². The number of amides is 1. The number of hydrogen-bond acceptors (Lipinski definition) is 4. The summed E-state index contributed by atoms with van der Waals surface area (Å²) < 4.78 is 13.3. The fourth-order valence-corrected chi connectivity index (χ4v) is 3.78. The van der Waals surface area contributed by atoms with Gasteiger partial charge in [-0.25, -0.2) is 4.39 Å². The zero-order chi connectivity index (χ0) is 22.0. The van der Waals surface area contributed by atoms with E-state index in [0.717, 1.165) is 12.0 Å². The lowest BCUT2D eigenvalue weighted by atomic mass is 9.95. The van der Waals surface area contributed by atoms with Crippen molar-refractivity contribution in [1.29, 1.82) is 0 Å². The molecule has 0 spiro atoms. The molecule has 1 saturated heterocycles. The number of benzene rings is 2. The van der Waals surface area contributed by atoms with Crippen LogP contribution in [-0.4, -0.2) is 26.7 Å². The Morgan fingerprint density at radius 1 is 0.968 bits per heavy atom. The van der Waals surface area contributed by atoms with Crippen molar-refractivity contribution in [2.75, 3.05) is 0 Å².